The second-order valence-corrected chi connectivity index (χ2v) is 13.6. The van der Waals surface area contributed by atoms with E-state index in [0.29, 0.717) is 6.79 Å². The molecule has 6 heteroatoms. The van der Waals surface area contributed by atoms with Crippen LogP contribution in [0.4, 0.5) is 0 Å². The summed E-state index contributed by atoms with van der Waals surface area (Å²) in [5.41, 5.74) is 4.94. The summed E-state index contributed by atoms with van der Waals surface area (Å²) < 4.78 is 12.3. The zero-order valence-electron chi connectivity index (χ0n) is 19.8. The van der Waals surface area contributed by atoms with E-state index < -0.39 is 8.32 Å². The molecule has 0 spiro atoms. The van der Waals surface area contributed by atoms with Crippen molar-refractivity contribution in [2.24, 2.45) is 0 Å². The maximum absolute atomic E-state index is 6.30. The average molecular weight is 586 g/mol. The summed E-state index contributed by atoms with van der Waals surface area (Å²) in [6.45, 7) is 8.94. The van der Waals surface area contributed by atoms with Crippen LogP contribution in [0.3, 0.4) is 0 Å². The SMILES string of the molecule is CC=c1ccc2c(c1C1C(OCO[Si](C)(C)C)=Cc3ccccc31)[C-]=c1ccccc1=2.[Cl-].[Cl-].[Zr+3]. The average Bonchev–Trinajstić information content (AvgIpc) is 3.30. The third kappa shape index (κ3) is 5.37. The molecule has 0 saturated carbocycles. The Kier molecular flexibility index (Phi) is 9.78. The number of allylic oxidation sites excluding steroid dienone is 1. The quantitative estimate of drug-likeness (QED) is 0.172. The predicted octanol–water partition coefficient (Wildman–Crippen LogP) is -0.889. The molecule has 1 unspecified atom stereocenters. The van der Waals surface area contributed by atoms with Gasteiger partial charge in [0.25, 0.3) is 0 Å². The van der Waals surface area contributed by atoms with Crippen molar-refractivity contribution in [2.45, 2.75) is 32.5 Å². The molecule has 173 valence electrons. The van der Waals surface area contributed by atoms with Crippen molar-refractivity contribution in [3.05, 3.63) is 110 Å². The molecule has 0 aromatic heterocycles. The minimum atomic E-state index is -1.66. The molecule has 3 aromatic carbocycles. The summed E-state index contributed by atoms with van der Waals surface area (Å²) in [5.74, 6) is 0.984. The number of hydrogen-bond donors (Lipinski definition) is 0. The molecule has 3 aromatic rings. The number of halogens is 2. The molecule has 2 nitrogen and oxygen atoms in total. The van der Waals surface area contributed by atoms with E-state index >= 15 is 0 Å². The van der Waals surface area contributed by atoms with Crippen LogP contribution < -0.4 is 35.3 Å². The second-order valence-electron chi connectivity index (χ2n) is 9.08. The van der Waals surface area contributed by atoms with Gasteiger partial charge in [-0.2, -0.15) is 0 Å². The maximum Gasteiger partial charge on any atom is 3.00 e. The van der Waals surface area contributed by atoms with Gasteiger partial charge in [0.05, 0.1) is 0 Å². The van der Waals surface area contributed by atoms with Gasteiger partial charge in [-0.15, -0.1) is 33.4 Å². The van der Waals surface area contributed by atoms with Crippen LogP contribution in [-0.4, -0.2) is 15.1 Å². The van der Waals surface area contributed by atoms with Crippen LogP contribution in [0.1, 0.15) is 35.1 Å². The molecule has 0 aliphatic heterocycles. The Hall–Kier alpha value is -1.42. The van der Waals surface area contributed by atoms with Gasteiger partial charge < -0.3 is 34.0 Å². The summed E-state index contributed by atoms with van der Waals surface area (Å²) in [5, 5.41) is 4.88. The molecule has 0 bridgehead atoms. The third-order valence-corrected chi connectivity index (χ3v) is 6.95. The molecule has 0 N–H and O–H groups in total. The summed E-state index contributed by atoms with van der Waals surface area (Å²) in [6.07, 6.45) is 8.07. The smallest absolute Gasteiger partial charge is 1.00 e. The van der Waals surface area contributed by atoms with E-state index in [9.17, 15) is 0 Å². The zero-order valence-corrected chi connectivity index (χ0v) is 24.8. The van der Waals surface area contributed by atoms with E-state index in [1.165, 1.54) is 37.9 Å². The minimum Gasteiger partial charge on any atom is -1.00 e. The molecule has 0 fully saturated rings. The van der Waals surface area contributed by atoms with Crippen molar-refractivity contribution < 1.29 is 60.2 Å². The fraction of sp³-hybridized carbons (Fsp3) is 0.214. The topological polar surface area (TPSA) is 18.5 Å². The van der Waals surface area contributed by atoms with E-state index in [1.807, 2.05) is 0 Å². The number of benzene rings is 3. The maximum atomic E-state index is 6.30. The van der Waals surface area contributed by atoms with Gasteiger partial charge in [0.2, 0.25) is 0 Å². The summed E-state index contributed by atoms with van der Waals surface area (Å²) in [7, 11) is -1.66. The van der Waals surface area contributed by atoms with Crippen molar-refractivity contribution >= 4 is 26.5 Å². The molecule has 0 heterocycles. The van der Waals surface area contributed by atoms with Crippen molar-refractivity contribution in [2.75, 3.05) is 6.79 Å². The number of fused-ring (bicyclic) bond motifs is 3. The molecule has 0 saturated heterocycles. The van der Waals surface area contributed by atoms with Crippen LogP contribution in [0.15, 0.2) is 66.4 Å². The Morgan fingerprint density at radius 2 is 1.62 bits per heavy atom. The van der Waals surface area contributed by atoms with Gasteiger partial charge in [0.15, 0.2) is 15.1 Å². The Balaban J connectivity index is 0.00000136. The first-order chi connectivity index (χ1) is 15.0. The van der Waals surface area contributed by atoms with E-state index in [4.69, 9.17) is 9.16 Å². The Morgan fingerprint density at radius 1 is 0.912 bits per heavy atom. The first kappa shape index (κ1) is 28.8. The zero-order chi connectivity index (χ0) is 21.6. The molecule has 1 atom stereocenters. The van der Waals surface area contributed by atoms with Crippen LogP contribution in [0.25, 0.3) is 18.2 Å². The van der Waals surface area contributed by atoms with Crippen molar-refractivity contribution in [1.82, 2.24) is 0 Å². The third-order valence-electron chi connectivity index (χ3n) is 5.96. The first-order valence-corrected chi connectivity index (χ1v) is 14.3. The normalized spacial score (nSPS) is 15.5. The summed E-state index contributed by atoms with van der Waals surface area (Å²) >= 11 is 0. The van der Waals surface area contributed by atoms with Gasteiger partial charge in [-0.25, -0.2) is 0 Å². The molecular weight excluding hydrogens is 559 g/mol. The Bertz CT molecular complexity index is 1430. The van der Waals surface area contributed by atoms with Crippen LogP contribution in [0.2, 0.25) is 19.6 Å². The molecule has 0 amide bonds. The Labute approximate surface area is 234 Å². The molecule has 2 aliphatic rings. The molecular formula is C28H27Cl2O2SiZr. The van der Waals surface area contributed by atoms with E-state index in [-0.39, 0.29) is 56.9 Å². The fourth-order valence-corrected chi connectivity index (χ4v) is 4.92. The number of rotatable bonds is 5. The molecule has 34 heavy (non-hydrogen) atoms. The van der Waals surface area contributed by atoms with Crippen LogP contribution in [0.5, 0.6) is 0 Å². The van der Waals surface area contributed by atoms with Gasteiger partial charge in [0, 0.05) is 5.92 Å². The summed E-state index contributed by atoms with van der Waals surface area (Å²) in [4.78, 5) is 0. The molecule has 1 radical (unpaired) electrons. The van der Waals surface area contributed by atoms with Gasteiger partial charge in [-0.1, -0.05) is 71.5 Å². The van der Waals surface area contributed by atoms with Crippen LogP contribution in [-0.2, 0) is 35.4 Å². The van der Waals surface area contributed by atoms with Crippen molar-refractivity contribution in [1.29, 1.82) is 0 Å². The first-order valence-electron chi connectivity index (χ1n) is 10.9. The van der Waals surface area contributed by atoms with Crippen molar-refractivity contribution in [3.63, 3.8) is 0 Å². The summed E-state index contributed by atoms with van der Waals surface area (Å²) in [6, 6.07) is 21.6. The minimum absolute atomic E-state index is 0. The van der Waals surface area contributed by atoms with Crippen molar-refractivity contribution in [3.8, 4) is 0 Å². The molecule has 5 rings (SSSR count). The van der Waals surface area contributed by atoms with Gasteiger partial charge in [-0.3, -0.25) is 0 Å². The van der Waals surface area contributed by atoms with Crippen LogP contribution >= 0.6 is 0 Å². The van der Waals surface area contributed by atoms with Gasteiger partial charge in [-0.05, 0) is 43.8 Å². The predicted molar refractivity (Wildman–Crippen MR) is 129 cm³/mol. The Morgan fingerprint density at radius 3 is 2.35 bits per heavy atom. The number of ether oxygens (including phenoxy) is 1. The van der Waals surface area contributed by atoms with Gasteiger partial charge >= 0.3 is 26.2 Å². The second kappa shape index (κ2) is 11.5. The number of hydrogen-bond acceptors (Lipinski definition) is 2. The van der Waals surface area contributed by atoms with Gasteiger partial charge in [0.1, 0.15) is 5.76 Å². The standard InChI is InChI=1S/C28H27O2Si.2ClH.Zr/c1-5-19-14-15-24-22-12-8-6-10-20(22)16-25(24)27(19)28-23-13-9-7-11-21(23)17-26(28)29-18-30-31(2,3)4;;;/h5-15,17,28H,18H2,1-4H3;2*1H;/q-1;;;+3/p-2. The van der Waals surface area contributed by atoms with E-state index in [0.717, 1.165) is 11.0 Å². The van der Waals surface area contributed by atoms with Crippen LogP contribution in [0, 0.1) is 10.4 Å². The largest absolute Gasteiger partial charge is 3.00 e. The fourth-order valence-electron chi connectivity index (χ4n) is 4.51. The monoisotopic (exact) mass is 583 g/mol. The van der Waals surface area contributed by atoms with E-state index in [1.54, 1.807) is 0 Å². The molecule has 2 aliphatic carbocycles. The van der Waals surface area contributed by atoms with E-state index in [2.05, 4.69) is 105 Å².